The smallest absolute Gasteiger partial charge is 0.0669 e. The second kappa shape index (κ2) is 3.28. The molecule has 15 heavy (non-hydrogen) atoms. The van der Waals surface area contributed by atoms with Crippen molar-refractivity contribution in [3.63, 3.8) is 0 Å². The van der Waals surface area contributed by atoms with Crippen LogP contribution in [0.2, 0.25) is 5.02 Å². The zero-order valence-corrected chi connectivity index (χ0v) is 8.80. The summed E-state index contributed by atoms with van der Waals surface area (Å²) < 4.78 is 0. The van der Waals surface area contributed by atoms with E-state index in [0.29, 0.717) is 0 Å². The fourth-order valence-corrected chi connectivity index (χ4v) is 2.32. The van der Waals surface area contributed by atoms with E-state index in [9.17, 15) is 0 Å². The van der Waals surface area contributed by atoms with Crippen molar-refractivity contribution in [1.29, 1.82) is 0 Å². The number of nitrogens with zero attached hydrogens (tertiary/aromatic N) is 1. The molecule has 0 aliphatic carbocycles. The summed E-state index contributed by atoms with van der Waals surface area (Å²) >= 11 is 6.20. The third-order valence-corrected chi connectivity index (χ3v) is 3.04. The van der Waals surface area contributed by atoms with Crippen molar-refractivity contribution in [3.05, 3.63) is 28.3 Å². The molecular formula is C11H10ClN3. The minimum atomic E-state index is 0.812. The second-order valence-corrected chi connectivity index (χ2v) is 4.01. The summed E-state index contributed by atoms with van der Waals surface area (Å²) in [5, 5.41) is 8.21. The summed E-state index contributed by atoms with van der Waals surface area (Å²) in [7, 11) is 0. The first-order valence-corrected chi connectivity index (χ1v) is 5.29. The van der Waals surface area contributed by atoms with Crippen LogP contribution in [-0.4, -0.2) is 12.8 Å². The molecule has 4 heteroatoms. The first-order chi connectivity index (χ1) is 7.36. The molecule has 0 saturated carbocycles. The zero-order chi connectivity index (χ0) is 10.3. The van der Waals surface area contributed by atoms with Crippen molar-refractivity contribution in [2.75, 3.05) is 17.3 Å². The van der Waals surface area contributed by atoms with Crippen molar-refractivity contribution in [3.8, 4) is 0 Å². The van der Waals surface area contributed by atoms with Gasteiger partial charge in [0.25, 0.3) is 0 Å². The van der Waals surface area contributed by atoms with Crippen molar-refractivity contribution in [2.45, 2.75) is 6.42 Å². The van der Waals surface area contributed by atoms with E-state index in [1.165, 1.54) is 5.56 Å². The molecule has 0 atom stereocenters. The summed E-state index contributed by atoms with van der Waals surface area (Å²) in [6.45, 7) is 0.959. The maximum atomic E-state index is 6.20. The van der Waals surface area contributed by atoms with E-state index in [2.05, 4.69) is 15.8 Å². The Hall–Kier alpha value is -1.48. The number of rotatable bonds is 0. The third kappa shape index (κ3) is 1.31. The van der Waals surface area contributed by atoms with Gasteiger partial charge in [-0.25, -0.2) is 0 Å². The molecule has 76 valence electrons. The van der Waals surface area contributed by atoms with Crippen LogP contribution in [0.3, 0.4) is 0 Å². The molecule has 3 rings (SSSR count). The van der Waals surface area contributed by atoms with Gasteiger partial charge < -0.3 is 5.32 Å². The van der Waals surface area contributed by atoms with E-state index in [0.717, 1.165) is 34.9 Å². The second-order valence-electron chi connectivity index (χ2n) is 3.60. The molecule has 0 radical (unpaired) electrons. The highest BCUT2D eigenvalue weighted by Crippen LogP contribution is 2.38. The van der Waals surface area contributed by atoms with Crippen LogP contribution in [0.25, 0.3) is 6.08 Å². The Labute approximate surface area is 92.8 Å². The van der Waals surface area contributed by atoms with Crippen LogP contribution in [0, 0.1) is 0 Å². The van der Waals surface area contributed by atoms with Gasteiger partial charge in [-0.3, -0.25) is 5.43 Å². The lowest BCUT2D eigenvalue weighted by molar-refractivity contribution is 1.11. The molecular weight excluding hydrogens is 210 g/mol. The normalized spacial score (nSPS) is 16.3. The number of allylic oxidation sites excluding steroid dienone is 1. The molecule has 0 unspecified atom stereocenters. The number of nitrogens with one attached hydrogen (secondary N) is 2. The molecule has 1 aromatic rings. The van der Waals surface area contributed by atoms with Crippen molar-refractivity contribution in [1.82, 2.24) is 0 Å². The minimum absolute atomic E-state index is 0.812. The molecule has 0 aromatic heterocycles. The quantitative estimate of drug-likeness (QED) is 0.704. The Morgan fingerprint density at radius 1 is 1.40 bits per heavy atom. The van der Waals surface area contributed by atoms with Crippen molar-refractivity contribution < 1.29 is 0 Å². The van der Waals surface area contributed by atoms with Gasteiger partial charge in [0.05, 0.1) is 5.69 Å². The van der Waals surface area contributed by atoms with Gasteiger partial charge in [-0.15, -0.1) is 0 Å². The predicted octanol–water partition coefficient (Wildman–Crippen LogP) is 2.73. The van der Waals surface area contributed by atoms with Gasteiger partial charge in [0.1, 0.15) is 0 Å². The standard InChI is InChI=1S/C11H10ClN3/c12-9-6-10-8(2-1-4-14-15-10)11-7(9)3-5-13-11/h1-2,4,6,13,15H,3,5H2. The van der Waals surface area contributed by atoms with Gasteiger partial charge >= 0.3 is 0 Å². The fourth-order valence-electron chi connectivity index (χ4n) is 2.02. The van der Waals surface area contributed by atoms with Crippen LogP contribution in [0.4, 0.5) is 11.4 Å². The van der Waals surface area contributed by atoms with Gasteiger partial charge in [-0.1, -0.05) is 11.6 Å². The molecule has 1 aromatic carbocycles. The first-order valence-electron chi connectivity index (χ1n) is 4.91. The molecule has 0 bridgehead atoms. The van der Waals surface area contributed by atoms with Crippen molar-refractivity contribution in [2.24, 2.45) is 5.10 Å². The number of hydrazone groups is 1. The van der Waals surface area contributed by atoms with Gasteiger partial charge in [0.15, 0.2) is 0 Å². The minimum Gasteiger partial charge on any atom is -0.384 e. The SMILES string of the molecule is Clc1cc2c(c3c1CCN3)C=CC=NN2. The lowest BCUT2D eigenvalue weighted by Gasteiger charge is -2.11. The number of benzene rings is 1. The van der Waals surface area contributed by atoms with Crippen LogP contribution in [-0.2, 0) is 6.42 Å². The lowest BCUT2D eigenvalue weighted by Crippen LogP contribution is -1.96. The number of hydrogen-bond donors (Lipinski definition) is 2. The summed E-state index contributed by atoms with van der Waals surface area (Å²) in [4.78, 5) is 0. The monoisotopic (exact) mass is 219 g/mol. The molecule has 2 aliphatic heterocycles. The highest BCUT2D eigenvalue weighted by molar-refractivity contribution is 6.32. The molecule has 2 N–H and O–H groups in total. The first kappa shape index (κ1) is 8.80. The predicted molar refractivity (Wildman–Crippen MR) is 64.8 cm³/mol. The summed E-state index contributed by atoms with van der Waals surface area (Å²) in [5.41, 5.74) is 7.43. The van der Waals surface area contributed by atoms with E-state index >= 15 is 0 Å². The third-order valence-electron chi connectivity index (χ3n) is 2.71. The van der Waals surface area contributed by atoms with E-state index in [-0.39, 0.29) is 0 Å². The van der Waals surface area contributed by atoms with Gasteiger partial charge in [-0.2, -0.15) is 5.10 Å². The topological polar surface area (TPSA) is 36.4 Å². The average Bonchev–Trinajstić information content (AvgIpc) is 2.60. The van der Waals surface area contributed by atoms with E-state index in [1.54, 1.807) is 6.21 Å². The Bertz CT molecular complexity index is 477. The molecule has 2 heterocycles. The van der Waals surface area contributed by atoms with Crippen LogP contribution < -0.4 is 10.7 Å². The Balaban J connectivity index is 2.27. The average molecular weight is 220 g/mol. The Kier molecular flexibility index (Phi) is 1.92. The fraction of sp³-hybridized carbons (Fsp3) is 0.182. The van der Waals surface area contributed by atoms with E-state index in [1.807, 2.05) is 18.2 Å². The van der Waals surface area contributed by atoms with Crippen LogP contribution in [0.15, 0.2) is 17.2 Å². The number of fused-ring (bicyclic) bond motifs is 3. The van der Waals surface area contributed by atoms with Gasteiger partial charge in [0.2, 0.25) is 0 Å². The lowest BCUT2D eigenvalue weighted by atomic mass is 10.0. The Morgan fingerprint density at radius 2 is 2.33 bits per heavy atom. The molecule has 0 fully saturated rings. The Morgan fingerprint density at radius 3 is 3.27 bits per heavy atom. The highest BCUT2D eigenvalue weighted by atomic mass is 35.5. The maximum absolute atomic E-state index is 6.20. The number of anilines is 2. The van der Waals surface area contributed by atoms with Crippen LogP contribution in [0.5, 0.6) is 0 Å². The van der Waals surface area contributed by atoms with Crippen molar-refractivity contribution >= 4 is 35.3 Å². The molecule has 0 spiro atoms. The number of halogens is 1. The van der Waals surface area contributed by atoms with Gasteiger partial charge in [0, 0.05) is 29.0 Å². The van der Waals surface area contributed by atoms with Crippen LogP contribution >= 0.6 is 11.6 Å². The molecule has 2 aliphatic rings. The van der Waals surface area contributed by atoms with Gasteiger partial charge in [-0.05, 0) is 30.2 Å². The molecule has 0 amide bonds. The van der Waals surface area contributed by atoms with E-state index < -0.39 is 0 Å². The largest absolute Gasteiger partial charge is 0.384 e. The summed E-state index contributed by atoms with van der Waals surface area (Å²) in [6.07, 6.45) is 6.70. The zero-order valence-electron chi connectivity index (χ0n) is 8.05. The molecule has 3 nitrogen and oxygen atoms in total. The maximum Gasteiger partial charge on any atom is 0.0669 e. The summed E-state index contributed by atoms with van der Waals surface area (Å²) in [5.74, 6) is 0. The van der Waals surface area contributed by atoms with Crippen LogP contribution in [0.1, 0.15) is 11.1 Å². The summed E-state index contributed by atoms with van der Waals surface area (Å²) in [6, 6.07) is 1.94. The number of hydrogen-bond acceptors (Lipinski definition) is 3. The highest BCUT2D eigenvalue weighted by Gasteiger charge is 2.19. The van der Waals surface area contributed by atoms with E-state index in [4.69, 9.17) is 11.6 Å². The molecule has 0 saturated heterocycles.